The van der Waals surface area contributed by atoms with Crippen molar-refractivity contribution in [3.05, 3.63) is 82.1 Å². The number of nitrogens with one attached hydrogen (secondary N) is 2. The van der Waals surface area contributed by atoms with E-state index < -0.39 is 17.6 Å². The number of phenols is 1. The van der Waals surface area contributed by atoms with E-state index in [-0.39, 0.29) is 27.6 Å². The number of carbonyl (C=O) groups is 2. The summed E-state index contributed by atoms with van der Waals surface area (Å²) in [7, 11) is 1.41. The van der Waals surface area contributed by atoms with Crippen molar-refractivity contribution in [3.63, 3.8) is 0 Å². The molecule has 8 heteroatoms. The summed E-state index contributed by atoms with van der Waals surface area (Å²) in [5, 5.41) is 15.3. The topological polar surface area (TPSA) is 87.7 Å². The Hall–Kier alpha value is -3.58. The molecular formula is C22H18ClFN2O4. The molecule has 0 fully saturated rings. The molecule has 154 valence electrons. The van der Waals surface area contributed by atoms with E-state index in [0.29, 0.717) is 11.4 Å². The number of ether oxygens (including phenoxy) is 1. The molecule has 0 aliphatic heterocycles. The highest BCUT2D eigenvalue weighted by molar-refractivity contribution is 6.30. The van der Waals surface area contributed by atoms with E-state index in [4.69, 9.17) is 16.3 Å². The first-order valence-electron chi connectivity index (χ1n) is 8.84. The zero-order valence-electron chi connectivity index (χ0n) is 16.1. The summed E-state index contributed by atoms with van der Waals surface area (Å²) in [4.78, 5) is 25.0. The van der Waals surface area contributed by atoms with Crippen molar-refractivity contribution in [1.82, 2.24) is 0 Å². The van der Waals surface area contributed by atoms with Crippen LogP contribution < -0.4 is 15.4 Å². The Kier molecular flexibility index (Phi) is 6.23. The smallest absolute Gasteiger partial charge is 0.259 e. The Morgan fingerprint density at radius 2 is 1.70 bits per heavy atom. The lowest BCUT2D eigenvalue weighted by atomic mass is 10.1. The van der Waals surface area contributed by atoms with Gasteiger partial charge >= 0.3 is 0 Å². The zero-order chi connectivity index (χ0) is 21.8. The first-order valence-corrected chi connectivity index (χ1v) is 9.21. The molecule has 0 spiro atoms. The van der Waals surface area contributed by atoms with E-state index in [1.165, 1.54) is 31.4 Å². The number of hydrogen-bond acceptors (Lipinski definition) is 4. The zero-order valence-corrected chi connectivity index (χ0v) is 16.9. The molecule has 0 aromatic heterocycles. The highest BCUT2D eigenvalue weighted by atomic mass is 35.5. The maximum atomic E-state index is 14.0. The number of aromatic hydroxyl groups is 1. The van der Waals surface area contributed by atoms with Crippen LogP contribution in [0.3, 0.4) is 0 Å². The fourth-order valence-corrected chi connectivity index (χ4v) is 2.94. The van der Waals surface area contributed by atoms with Gasteiger partial charge in [0, 0.05) is 10.7 Å². The number of carbonyl (C=O) groups excluding carboxylic acids is 2. The third-order valence-electron chi connectivity index (χ3n) is 4.28. The highest BCUT2D eigenvalue weighted by Gasteiger charge is 2.16. The summed E-state index contributed by atoms with van der Waals surface area (Å²) >= 11 is 5.72. The number of aryl methyl sites for hydroxylation is 1. The van der Waals surface area contributed by atoms with Crippen molar-refractivity contribution in [2.45, 2.75) is 6.92 Å². The Bertz CT molecular complexity index is 1130. The molecule has 0 radical (unpaired) electrons. The second kappa shape index (κ2) is 8.84. The van der Waals surface area contributed by atoms with Crippen LogP contribution in [0.25, 0.3) is 0 Å². The van der Waals surface area contributed by atoms with Gasteiger partial charge in [0.25, 0.3) is 11.8 Å². The summed E-state index contributed by atoms with van der Waals surface area (Å²) in [6.07, 6.45) is 0. The molecule has 0 saturated heterocycles. The number of anilines is 2. The van der Waals surface area contributed by atoms with Gasteiger partial charge in [-0.25, -0.2) is 4.39 Å². The number of rotatable bonds is 5. The van der Waals surface area contributed by atoms with Gasteiger partial charge in [-0.3, -0.25) is 9.59 Å². The standard InChI is InChI=1S/C22H18ClFN2O4/c1-12-3-7-19(27)16(9-12)22(29)25-14-5-8-20(30-2)18(11-14)26-21(28)15-6-4-13(23)10-17(15)24/h3-11,27H,1-2H3,(H,25,29)(H,26,28). The van der Waals surface area contributed by atoms with E-state index in [0.717, 1.165) is 11.6 Å². The lowest BCUT2D eigenvalue weighted by Gasteiger charge is -2.14. The maximum Gasteiger partial charge on any atom is 0.259 e. The molecule has 3 aromatic carbocycles. The van der Waals surface area contributed by atoms with Crippen LogP contribution in [-0.2, 0) is 0 Å². The average molecular weight is 429 g/mol. The van der Waals surface area contributed by atoms with Crippen LogP contribution in [0.2, 0.25) is 5.02 Å². The van der Waals surface area contributed by atoms with Crippen LogP contribution in [0.5, 0.6) is 11.5 Å². The summed E-state index contributed by atoms with van der Waals surface area (Å²) in [6, 6.07) is 13.0. The van der Waals surface area contributed by atoms with Gasteiger partial charge in [-0.1, -0.05) is 23.2 Å². The van der Waals surface area contributed by atoms with Crippen LogP contribution in [0.15, 0.2) is 54.6 Å². The fraction of sp³-hybridized carbons (Fsp3) is 0.0909. The minimum Gasteiger partial charge on any atom is -0.507 e. The number of phenolic OH excluding ortho intramolecular Hbond substituents is 1. The molecule has 0 atom stereocenters. The van der Waals surface area contributed by atoms with Gasteiger partial charge in [-0.15, -0.1) is 0 Å². The molecule has 0 heterocycles. The van der Waals surface area contributed by atoms with Crippen molar-refractivity contribution in [3.8, 4) is 11.5 Å². The molecular weight excluding hydrogens is 411 g/mol. The van der Waals surface area contributed by atoms with Gasteiger partial charge in [0.15, 0.2) is 0 Å². The quantitative estimate of drug-likeness (QED) is 0.533. The average Bonchev–Trinajstić information content (AvgIpc) is 2.70. The summed E-state index contributed by atoms with van der Waals surface area (Å²) in [6.45, 7) is 1.80. The molecule has 0 bridgehead atoms. The van der Waals surface area contributed by atoms with E-state index in [9.17, 15) is 19.1 Å². The van der Waals surface area contributed by atoms with E-state index in [1.54, 1.807) is 31.2 Å². The van der Waals surface area contributed by atoms with Crippen LogP contribution in [-0.4, -0.2) is 24.0 Å². The normalized spacial score (nSPS) is 10.4. The van der Waals surface area contributed by atoms with Crippen LogP contribution in [0.4, 0.5) is 15.8 Å². The monoisotopic (exact) mass is 428 g/mol. The number of halogens is 2. The molecule has 0 aliphatic carbocycles. The molecule has 6 nitrogen and oxygen atoms in total. The summed E-state index contributed by atoms with van der Waals surface area (Å²) < 4.78 is 19.3. The predicted molar refractivity (Wildman–Crippen MR) is 113 cm³/mol. The van der Waals surface area contributed by atoms with E-state index in [2.05, 4.69) is 10.6 Å². The van der Waals surface area contributed by atoms with Gasteiger partial charge < -0.3 is 20.5 Å². The molecule has 0 unspecified atom stereocenters. The minimum absolute atomic E-state index is 0.111. The lowest BCUT2D eigenvalue weighted by Crippen LogP contribution is -2.16. The van der Waals surface area contributed by atoms with Crippen molar-refractivity contribution < 1.29 is 23.8 Å². The van der Waals surface area contributed by atoms with Crippen molar-refractivity contribution >= 4 is 34.8 Å². The van der Waals surface area contributed by atoms with Crippen LogP contribution in [0.1, 0.15) is 26.3 Å². The van der Waals surface area contributed by atoms with E-state index >= 15 is 0 Å². The third kappa shape index (κ3) is 4.69. The Labute approximate surface area is 177 Å². The Balaban J connectivity index is 1.85. The molecule has 3 N–H and O–H groups in total. The molecule has 30 heavy (non-hydrogen) atoms. The Morgan fingerprint density at radius 1 is 0.967 bits per heavy atom. The van der Waals surface area contributed by atoms with Crippen LogP contribution >= 0.6 is 11.6 Å². The van der Waals surface area contributed by atoms with Gasteiger partial charge in [-0.2, -0.15) is 0 Å². The Morgan fingerprint density at radius 3 is 2.40 bits per heavy atom. The van der Waals surface area contributed by atoms with Gasteiger partial charge in [0.1, 0.15) is 17.3 Å². The number of hydrogen-bond donors (Lipinski definition) is 3. The molecule has 0 saturated carbocycles. The third-order valence-corrected chi connectivity index (χ3v) is 4.51. The highest BCUT2D eigenvalue weighted by Crippen LogP contribution is 2.29. The second-order valence-corrected chi connectivity index (χ2v) is 6.90. The van der Waals surface area contributed by atoms with E-state index in [1.807, 2.05) is 0 Å². The SMILES string of the molecule is COc1ccc(NC(=O)c2cc(C)ccc2O)cc1NC(=O)c1ccc(Cl)cc1F. The summed E-state index contributed by atoms with van der Waals surface area (Å²) in [5.74, 6) is -1.84. The number of methoxy groups -OCH3 is 1. The van der Waals surface area contributed by atoms with Crippen molar-refractivity contribution in [1.29, 1.82) is 0 Å². The summed E-state index contributed by atoms with van der Waals surface area (Å²) in [5.41, 5.74) is 1.29. The fourth-order valence-electron chi connectivity index (χ4n) is 2.78. The first kappa shape index (κ1) is 21.1. The first-order chi connectivity index (χ1) is 14.3. The molecule has 3 aromatic rings. The second-order valence-electron chi connectivity index (χ2n) is 6.47. The lowest BCUT2D eigenvalue weighted by molar-refractivity contribution is 0.101. The largest absolute Gasteiger partial charge is 0.507 e. The molecule has 3 rings (SSSR count). The molecule has 0 aliphatic rings. The van der Waals surface area contributed by atoms with Crippen molar-refractivity contribution in [2.24, 2.45) is 0 Å². The van der Waals surface area contributed by atoms with Gasteiger partial charge in [0.05, 0.1) is 23.9 Å². The van der Waals surface area contributed by atoms with Crippen molar-refractivity contribution in [2.75, 3.05) is 17.7 Å². The van der Waals surface area contributed by atoms with Crippen LogP contribution in [0, 0.1) is 12.7 Å². The minimum atomic E-state index is -0.765. The van der Waals surface area contributed by atoms with Gasteiger partial charge in [0.2, 0.25) is 0 Å². The molecule has 2 amide bonds. The maximum absolute atomic E-state index is 14.0. The number of benzene rings is 3. The predicted octanol–water partition coefficient (Wildman–Crippen LogP) is 5.01. The van der Waals surface area contributed by atoms with Gasteiger partial charge in [-0.05, 0) is 55.5 Å². The number of amides is 2.